The van der Waals surface area contributed by atoms with Crippen LogP contribution in [0.4, 0.5) is 5.69 Å². The molecule has 0 bridgehead atoms. The first kappa shape index (κ1) is 20.1. The maximum Gasteiger partial charge on any atom is 0.269 e. The zero-order valence-corrected chi connectivity index (χ0v) is 16.6. The third-order valence-corrected chi connectivity index (χ3v) is 5.22. The molecule has 1 aliphatic heterocycles. The Labute approximate surface area is 165 Å². The Kier molecular flexibility index (Phi) is 6.84. The number of benzene rings is 2. The molecule has 3 rings (SSSR count). The zero-order valence-electron chi connectivity index (χ0n) is 16.6. The lowest BCUT2D eigenvalue weighted by molar-refractivity contribution is -1.02. The fraction of sp³-hybridized carbons (Fsp3) is 0.429. The number of quaternary nitrogens is 2. The van der Waals surface area contributed by atoms with Crippen LogP contribution in [-0.2, 0) is 13.1 Å². The lowest BCUT2D eigenvalue weighted by Gasteiger charge is -2.30. The summed E-state index contributed by atoms with van der Waals surface area (Å²) in [5.41, 5.74) is 2.45. The minimum atomic E-state index is -0.327. The van der Waals surface area contributed by atoms with Crippen LogP contribution in [0.3, 0.4) is 0 Å². The number of nitro benzene ring substituents is 1. The third kappa shape index (κ3) is 5.21. The Morgan fingerprint density at radius 2 is 1.61 bits per heavy atom. The van der Waals surface area contributed by atoms with Gasteiger partial charge in [0, 0.05) is 23.3 Å². The smallest absolute Gasteiger partial charge is 0.269 e. The molecule has 7 nitrogen and oxygen atoms in total. The summed E-state index contributed by atoms with van der Waals surface area (Å²) >= 11 is 0. The van der Waals surface area contributed by atoms with E-state index in [0.29, 0.717) is 6.61 Å². The molecule has 1 heterocycles. The van der Waals surface area contributed by atoms with Crippen molar-refractivity contribution in [2.45, 2.75) is 20.0 Å². The van der Waals surface area contributed by atoms with Gasteiger partial charge >= 0.3 is 0 Å². The standard InChI is InChI=1S/C21H27N3O4/c1-3-28-21-14-18(7-8-20(21)27-2)16-23-11-9-22(10-12-23)15-17-5-4-6-19(13-17)24(25)26/h4-8,13-14H,3,9-12,15-16H2,1-2H3/p+2. The molecule has 7 heteroatoms. The Balaban J connectivity index is 1.53. The number of methoxy groups -OCH3 is 1. The van der Waals surface area contributed by atoms with E-state index in [4.69, 9.17) is 9.47 Å². The van der Waals surface area contributed by atoms with Crippen molar-refractivity contribution in [3.63, 3.8) is 0 Å². The molecule has 0 aliphatic carbocycles. The zero-order chi connectivity index (χ0) is 19.9. The Bertz CT molecular complexity index is 804. The van der Waals surface area contributed by atoms with Gasteiger partial charge in [0.25, 0.3) is 5.69 Å². The molecule has 0 amide bonds. The number of hydrogen-bond donors (Lipinski definition) is 2. The van der Waals surface area contributed by atoms with Crippen LogP contribution >= 0.6 is 0 Å². The van der Waals surface area contributed by atoms with E-state index in [-0.39, 0.29) is 10.6 Å². The van der Waals surface area contributed by atoms with Crippen molar-refractivity contribution in [1.82, 2.24) is 0 Å². The van der Waals surface area contributed by atoms with Gasteiger partial charge in [-0.05, 0) is 25.1 Å². The summed E-state index contributed by atoms with van der Waals surface area (Å²) in [5, 5.41) is 10.9. The van der Waals surface area contributed by atoms with Crippen LogP contribution in [0.2, 0.25) is 0 Å². The highest BCUT2D eigenvalue weighted by Crippen LogP contribution is 2.27. The van der Waals surface area contributed by atoms with Crippen molar-refractivity contribution in [2.24, 2.45) is 0 Å². The first-order valence-corrected chi connectivity index (χ1v) is 9.79. The van der Waals surface area contributed by atoms with E-state index >= 15 is 0 Å². The number of nitrogens with zero attached hydrogens (tertiary/aromatic N) is 1. The summed E-state index contributed by atoms with van der Waals surface area (Å²) < 4.78 is 11.0. The lowest BCUT2D eigenvalue weighted by Crippen LogP contribution is -3.27. The Hall–Kier alpha value is -2.64. The largest absolute Gasteiger partial charge is 0.493 e. The number of hydrogen-bond acceptors (Lipinski definition) is 4. The molecule has 0 atom stereocenters. The summed E-state index contributed by atoms with van der Waals surface area (Å²) in [6.45, 7) is 8.69. The molecule has 1 fully saturated rings. The van der Waals surface area contributed by atoms with Crippen molar-refractivity contribution in [3.05, 3.63) is 63.7 Å². The van der Waals surface area contributed by atoms with Crippen molar-refractivity contribution in [2.75, 3.05) is 39.9 Å². The number of nitrogens with one attached hydrogen (secondary N) is 2. The molecule has 0 spiro atoms. The van der Waals surface area contributed by atoms with Gasteiger partial charge < -0.3 is 19.3 Å². The summed E-state index contributed by atoms with van der Waals surface area (Å²) in [4.78, 5) is 13.7. The maximum absolute atomic E-state index is 10.9. The number of non-ortho nitro benzene ring substituents is 1. The van der Waals surface area contributed by atoms with Gasteiger partial charge in [-0.15, -0.1) is 0 Å². The Morgan fingerprint density at radius 3 is 2.18 bits per heavy atom. The first-order valence-electron chi connectivity index (χ1n) is 9.79. The van der Waals surface area contributed by atoms with Crippen molar-refractivity contribution in [3.8, 4) is 11.5 Å². The van der Waals surface area contributed by atoms with Gasteiger partial charge in [-0.2, -0.15) is 0 Å². The highest BCUT2D eigenvalue weighted by molar-refractivity contribution is 5.42. The molecule has 1 saturated heterocycles. The van der Waals surface area contributed by atoms with Crippen LogP contribution in [0.15, 0.2) is 42.5 Å². The van der Waals surface area contributed by atoms with Crippen molar-refractivity contribution >= 4 is 5.69 Å². The number of piperazine rings is 1. The van der Waals surface area contributed by atoms with E-state index in [2.05, 4.69) is 12.1 Å². The van der Waals surface area contributed by atoms with Gasteiger partial charge in [-0.1, -0.05) is 12.1 Å². The highest BCUT2D eigenvalue weighted by Gasteiger charge is 2.24. The second-order valence-electron chi connectivity index (χ2n) is 7.20. The van der Waals surface area contributed by atoms with E-state index in [9.17, 15) is 10.1 Å². The molecule has 1 aliphatic rings. The van der Waals surface area contributed by atoms with Crippen molar-refractivity contribution in [1.29, 1.82) is 0 Å². The van der Waals surface area contributed by atoms with Gasteiger partial charge in [0.15, 0.2) is 11.5 Å². The first-order chi connectivity index (χ1) is 13.6. The summed E-state index contributed by atoms with van der Waals surface area (Å²) in [6, 6.07) is 13.2. The molecule has 0 saturated carbocycles. The van der Waals surface area contributed by atoms with E-state index < -0.39 is 0 Å². The van der Waals surface area contributed by atoms with Gasteiger partial charge in [0.05, 0.1) is 18.6 Å². The molecule has 28 heavy (non-hydrogen) atoms. The third-order valence-electron chi connectivity index (χ3n) is 5.22. The molecule has 2 aromatic rings. The lowest BCUT2D eigenvalue weighted by atomic mass is 10.1. The quantitative estimate of drug-likeness (QED) is 0.511. The molecular weight excluding hydrogens is 358 g/mol. The second kappa shape index (κ2) is 9.52. The van der Waals surface area contributed by atoms with Crippen LogP contribution in [0.1, 0.15) is 18.1 Å². The predicted octanol–water partition coefficient (Wildman–Crippen LogP) is 0.486. The van der Waals surface area contributed by atoms with E-state index in [1.165, 1.54) is 10.5 Å². The Morgan fingerprint density at radius 1 is 0.964 bits per heavy atom. The monoisotopic (exact) mass is 387 g/mol. The molecule has 0 unspecified atom stereocenters. The molecule has 2 N–H and O–H groups in total. The number of ether oxygens (including phenoxy) is 2. The van der Waals surface area contributed by atoms with Crippen molar-refractivity contribution < 1.29 is 24.2 Å². The fourth-order valence-corrected chi connectivity index (χ4v) is 3.77. The van der Waals surface area contributed by atoms with Gasteiger partial charge in [-0.25, -0.2) is 0 Å². The van der Waals surface area contributed by atoms with Crippen LogP contribution in [-0.4, -0.2) is 44.8 Å². The highest BCUT2D eigenvalue weighted by atomic mass is 16.6. The van der Waals surface area contributed by atoms with Crippen LogP contribution in [0, 0.1) is 10.1 Å². The number of rotatable bonds is 8. The second-order valence-corrected chi connectivity index (χ2v) is 7.20. The van der Waals surface area contributed by atoms with E-state index in [1.807, 2.05) is 19.1 Å². The normalized spacial score (nSPS) is 19.2. The number of nitro groups is 1. The SMILES string of the molecule is CCOc1cc(C[NH+]2CC[NH+](Cc3cccc([N+](=O)[O-])c3)CC2)ccc1OC. The summed E-state index contributed by atoms with van der Waals surface area (Å²) in [5.74, 6) is 1.57. The van der Waals surface area contributed by atoms with Crippen LogP contribution in [0.25, 0.3) is 0 Å². The fourth-order valence-electron chi connectivity index (χ4n) is 3.77. The van der Waals surface area contributed by atoms with Gasteiger partial charge in [-0.3, -0.25) is 10.1 Å². The van der Waals surface area contributed by atoms with E-state index in [1.54, 1.807) is 30.2 Å². The minimum Gasteiger partial charge on any atom is -0.493 e. The minimum absolute atomic E-state index is 0.172. The topological polar surface area (TPSA) is 70.5 Å². The van der Waals surface area contributed by atoms with E-state index in [0.717, 1.165) is 56.3 Å². The average Bonchev–Trinajstić information content (AvgIpc) is 2.70. The van der Waals surface area contributed by atoms with Crippen LogP contribution in [0.5, 0.6) is 11.5 Å². The predicted molar refractivity (Wildman–Crippen MR) is 106 cm³/mol. The molecule has 150 valence electrons. The summed E-state index contributed by atoms with van der Waals surface area (Å²) in [7, 11) is 1.66. The molecule has 0 radical (unpaired) electrons. The molecule has 2 aromatic carbocycles. The maximum atomic E-state index is 10.9. The average molecular weight is 387 g/mol. The summed E-state index contributed by atoms with van der Waals surface area (Å²) in [6.07, 6.45) is 0. The van der Waals surface area contributed by atoms with Crippen LogP contribution < -0.4 is 19.3 Å². The van der Waals surface area contributed by atoms with Gasteiger partial charge in [0.1, 0.15) is 39.3 Å². The van der Waals surface area contributed by atoms with Gasteiger partial charge in [0.2, 0.25) is 0 Å². The molecular formula is C21H29N3O4+2. The molecule has 0 aromatic heterocycles.